The number of rotatable bonds is 10. The van der Waals surface area contributed by atoms with E-state index < -0.39 is 22.0 Å². The van der Waals surface area contributed by atoms with Crippen LogP contribution in [0.2, 0.25) is 0 Å². The third kappa shape index (κ3) is 5.86. The zero-order valence-corrected chi connectivity index (χ0v) is 19.1. The smallest absolute Gasteiger partial charge is 0.324 e. The molecule has 0 amide bonds. The minimum atomic E-state index is -3.95. The topological polar surface area (TPSA) is 94.5 Å². The second kappa shape index (κ2) is 11.1. The summed E-state index contributed by atoms with van der Waals surface area (Å²) in [7, 11) is -2.72. The van der Waals surface area contributed by atoms with E-state index in [0.717, 1.165) is 22.7 Å². The van der Waals surface area contributed by atoms with Crippen molar-refractivity contribution in [3.05, 3.63) is 60.2 Å². The van der Waals surface area contributed by atoms with Gasteiger partial charge in [-0.3, -0.25) is 4.79 Å². The van der Waals surface area contributed by atoms with Crippen molar-refractivity contribution in [2.24, 2.45) is 5.16 Å². The molecule has 32 heavy (non-hydrogen) atoms. The van der Waals surface area contributed by atoms with Gasteiger partial charge in [-0.05, 0) is 36.2 Å². The maximum absolute atomic E-state index is 13.3. The molecule has 0 bridgehead atoms. The predicted octanol–water partition coefficient (Wildman–Crippen LogP) is 3.37. The van der Waals surface area contributed by atoms with Gasteiger partial charge < -0.3 is 14.3 Å². The third-order valence-corrected chi connectivity index (χ3v) is 6.92. The summed E-state index contributed by atoms with van der Waals surface area (Å²) in [5.41, 5.74) is 1.39. The summed E-state index contributed by atoms with van der Waals surface area (Å²) < 4.78 is 38.1. The van der Waals surface area contributed by atoms with Gasteiger partial charge in [-0.2, -0.15) is 4.31 Å². The van der Waals surface area contributed by atoms with Crippen molar-refractivity contribution in [2.75, 3.05) is 20.3 Å². The summed E-state index contributed by atoms with van der Waals surface area (Å²) in [6, 6.07) is 14.7. The molecule has 0 aliphatic carbocycles. The van der Waals surface area contributed by atoms with E-state index in [2.05, 4.69) is 12.1 Å². The van der Waals surface area contributed by atoms with E-state index in [1.54, 1.807) is 12.1 Å². The molecule has 172 valence electrons. The largest absolute Gasteiger partial charge is 0.494 e. The van der Waals surface area contributed by atoms with Crippen LogP contribution in [0.3, 0.4) is 0 Å². The number of nitrogens with zero attached hydrogens (tertiary/aromatic N) is 2. The molecule has 8 nitrogen and oxygen atoms in total. The number of methoxy groups -OCH3 is 1. The highest BCUT2D eigenvalue weighted by molar-refractivity contribution is 7.89. The Hall–Kier alpha value is -2.91. The first-order chi connectivity index (χ1) is 15.5. The summed E-state index contributed by atoms with van der Waals surface area (Å²) in [6.45, 7) is 2.84. The zero-order valence-electron chi connectivity index (χ0n) is 18.3. The number of unbranched alkanes of at least 4 members (excludes halogenated alkanes) is 1. The lowest BCUT2D eigenvalue weighted by Crippen LogP contribution is -2.41. The average Bonchev–Trinajstić information content (AvgIpc) is 3.25. The Kier molecular flexibility index (Phi) is 8.24. The van der Waals surface area contributed by atoms with Crippen LogP contribution in [0.4, 0.5) is 0 Å². The molecule has 0 spiro atoms. The number of oxime groups is 1. The molecule has 1 aliphatic heterocycles. The maximum atomic E-state index is 13.3. The fourth-order valence-corrected chi connectivity index (χ4v) is 4.85. The molecule has 0 saturated carbocycles. The van der Waals surface area contributed by atoms with Gasteiger partial charge in [0.15, 0.2) is 0 Å². The second-order valence-corrected chi connectivity index (χ2v) is 9.27. The van der Waals surface area contributed by atoms with Gasteiger partial charge in [0.1, 0.15) is 18.4 Å². The maximum Gasteiger partial charge on any atom is 0.324 e. The van der Waals surface area contributed by atoms with Gasteiger partial charge in [0.2, 0.25) is 10.0 Å². The van der Waals surface area contributed by atoms with Crippen molar-refractivity contribution in [2.45, 2.75) is 43.7 Å². The molecule has 1 heterocycles. The Labute approximate surface area is 188 Å². The van der Waals surface area contributed by atoms with Crippen LogP contribution in [0.1, 0.15) is 31.7 Å². The zero-order chi connectivity index (χ0) is 23.0. The van der Waals surface area contributed by atoms with Crippen molar-refractivity contribution in [3.63, 3.8) is 0 Å². The van der Waals surface area contributed by atoms with Crippen LogP contribution in [0.5, 0.6) is 5.75 Å². The molecule has 0 aromatic heterocycles. The highest BCUT2D eigenvalue weighted by Gasteiger charge is 2.43. The van der Waals surface area contributed by atoms with E-state index in [1.165, 1.54) is 19.2 Å². The first-order valence-electron chi connectivity index (χ1n) is 10.5. The number of hydrogen-bond acceptors (Lipinski definition) is 7. The van der Waals surface area contributed by atoms with E-state index in [0.29, 0.717) is 18.1 Å². The quantitative estimate of drug-likeness (QED) is 0.307. The number of ether oxygens (including phenoxy) is 2. The average molecular weight is 461 g/mol. The van der Waals surface area contributed by atoms with E-state index in [4.69, 9.17) is 14.3 Å². The monoisotopic (exact) mass is 460 g/mol. The van der Waals surface area contributed by atoms with E-state index >= 15 is 0 Å². The molecule has 1 fully saturated rings. The van der Waals surface area contributed by atoms with Crippen molar-refractivity contribution in [1.29, 1.82) is 0 Å². The lowest BCUT2D eigenvalue weighted by molar-refractivity contribution is -0.144. The molecule has 2 aromatic carbocycles. The highest BCUT2D eigenvalue weighted by atomic mass is 32.2. The summed E-state index contributed by atoms with van der Waals surface area (Å²) in [5.74, 6) is -0.0405. The number of esters is 1. The van der Waals surface area contributed by atoms with Gasteiger partial charge in [-0.1, -0.05) is 48.8 Å². The first-order valence-corrected chi connectivity index (χ1v) is 11.9. The number of sulfonamides is 1. The van der Waals surface area contributed by atoms with Gasteiger partial charge in [0.25, 0.3) is 0 Å². The van der Waals surface area contributed by atoms with Crippen LogP contribution in [0, 0.1) is 0 Å². The Balaban J connectivity index is 1.74. The Morgan fingerprint density at radius 3 is 2.50 bits per heavy atom. The van der Waals surface area contributed by atoms with Crippen LogP contribution in [0.25, 0.3) is 0 Å². The number of hydrogen-bond donors (Lipinski definition) is 0. The van der Waals surface area contributed by atoms with Crippen LogP contribution in [-0.4, -0.2) is 50.7 Å². The van der Waals surface area contributed by atoms with Gasteiger partial charge in [-0.25, -0.2) is 8.42 Å². The van der Waals surface area contributed by atoms with Crippen LogP contribution in [-0.2, 0) is 31.0 Å². The minimum absolute atomic E-state index is 0.0500. The Morgan fingerprint density at radius 2 is 1.84 bits per heavy atom. The number of carbonyl (C=O) groups excluding carboxylic acids is 1. The fourth-order valence-electron chi connectivity index (χ4n) is 3.29. The van der Waals surface area contributed by atoms with Crippen molar-refractivity contribution in [3.8, 4) is 5.75 Å². The molecular formula is C23H28N2O6S. The van der Waals surface area contributed by atoms with Crippen molar-refractivity contribution >= 4 is 21.7 Å². The Morgan fingerprint density at radius 1 is 1.12 bits per heavy atom. The fraction of sp³-hybridized carbons (Fsp3) is 0.391. The van der Waals surface area contributed by atoms with Crippen molar-refractivity contribution < 1.29 is 27.5 Å². The number of carbonyl (C=O) groups is 1. The second-order valence-electron chi connectivity index (χ2n) is 7.38. The molecule has 1 atom stereocenters. The van der Waals surface area contributed by atoms with Crippen LogP contribution in [0.15, 0.2) is 64.6 Å². The lowest BCUT2D eigenvalue weighted by atomic mass is 10.2. The molecule has 1 saturated heterocycles. The molecule has 9 heteroatoms. The van der Waals surface area contributed by atoms with Crippen LogP contribution < -0.4 is 4.74 Å². The highest BCUT2D eigenvalue weighted by Crippen LogP contribution is 2.27. The third-order valence-electron chi connectivity index (χ3n) is 5.05. The summed E-state index contributed by atoms with van der Waals surface area (Å²) in [6.07, 6.45) is 2.04. The van der Waals surface area contributed by atoms with Gasteiger partial charge in [-0.15, -0.1) is 0 Å². The van der Waals surface area contributed by atoms with Gasteiger partial charge >= 0.3 is 5.97 Å². The SMILES string of the molecule is CCCCOc1ccc(S(=O)(=O)N2C/C(=N\OCc3ccccc3)C[C@@H]2C(=O)OC)cc1. The van der Waals surface area contributed by atoms with E-state index in [1.807, 2.05) is 30.3 Å². The number of benzene rings is 2. The first kappa shape index (κ1) is 23.7. The summed E-state index contributed by atoms with van der Waals surface area (Å²) in [4.78, 5) is 17.8. The molecule has 1 aliphatic rings. The molecule has 0 N–H and O–H groups in total. The van der Waals surface area contributed by atoms with E-state index in [-0.39, 0.29) is 24.5 Å². The molecule has 2 aromatic rings. The normalized spacial score (nSPS) is 17.9. The minimum Gasteiger partial charge on any atom is -0.494 e. The standard InChI is InChI=1S/C23H28N2O6S/c1-3-4-14-30-20-10-12-21(13-11-20)32(27,28)25-16-19(15-22(25)23(26)29-2)24-31-17-18-8-6-5-7-9-18/h5-13,22H,3-4,14-17H2,1-2H3/b24-19-/t22-/m1/s1. The summed E-state index contributed by atoms with van der Waals surface area (Å²) in [5, 5.41) is 4.08. The van der Waals surface area contributed by atoms with Crippen molar-refractivity contribution in [1.82, 2.24) is 4.31 Å². The van der Waals surface area contributed by atoms with Crippen LogP contribution >= 0.6 is 0 Å². The molecule has 3 rings (SSSR count). The molecule has 0 unspecified atom stereocenters. The van der Waals surface area contributed by atoms with Gasteiger partial charge in [0.05, 0.1) is 30.9 Å². The summed E-state index contributed by atoms with van der Waals surface area (Å²) >= 11 is 0. The van der Waals surface area contributed by atoms with E-state index in [9.17, 15) is 13.2 Å². The van der Waals surface area contributed by atoms with Gasteiger partial charge in [0, 0.05) is 6.42 Å². The lowest BCUT2D eigenvalue weighted by Gasteiger charge is -2.21. The molecule has 0 radical (unpaired) electrons. The molecular weight excluding hydrogens is 432 g/mol. The Bertz CT molecular complexity index is 1020. The predicted molar refractivity (Wildman–Crippen MR) is 120 cm³/mol.